The minimum atomic E-state index is 0.487. The van der Waals surface area contributed by atoms with Crippen LogP contribution in [-0.4, -0.2) is 11.5 Å². The Hall–Kier alpha value is -2.45. The van der Waals surface area contributed by atoms with Gasteiger partial charge in [-0.2, -0.15) is 0 Å². The van der Waals surface area contributed by atoms with E-state index in [0.717, 1.165) is 37.9 Å². The second kappa shape index (κ2) is 10.4. The summed E-state index contributed by atoms with van der Waals surface area (Å²) in [6, 6.07) is 18.5. The third kappa shape index (κ3) is 4.66. The van der Waals surface area contributed by atoms with Crippen molar-refractivity contribution >= 4 is 0 Å². The summed E-state index contributed by atoms with van der Waals surface area (Å²) >= 11 is 0. The molecular formula is C30H38N2. The summed E-state index contributed by atoms with van der Waals surface area (Å²) < 4.78 is 0. The van der Waals surface area contributed by atoms with E-state index in [1.54, 1.807) is 0 Å². The molecule has 168 valence electrons. The highest BCUT2D eigenvalue weighted by molar-refractivity contribution is 5.69. The fourth-order valence-corrected chi connectivity index (χ4v) is 5.46. The molecule has 1 heterocycles. The lowest BCUT2D eigenvalue weighted by Crippen LogP contribution is -2.27. The Morgan fingerprint density at radius 2 is 1.62 bits per heavy atom. The summed E-state index contributed by atoms with van der Waals surface area (Å²) in [5, 5.41) is 3.86. The summed E-state index contributed by atoms with van der Waals surface area (Å²) in [6.07, 6.45) is 7.91. The van der Waals surface area contributed by atoms with Crippen molar-refractivity contribution in [2.24, 2.45) is 0 Å². The van der Waals surface area contributed by atoms with Crippen molar-refractivity contribution in [2.75, 3.05) is 6.54 Å². The molecule has 1 N–H and O–H groups in total. The van der Waals surface area contributed by atoms with Crippen LogP contribution in [0.3, 0.4) is 0 Å². The standard InChI is InChI=1S/C30H38N2/c1-5-22-13-10-14-23(6-2)30(22)29-20-24(7-3)26(21(4)32-29)18-19-31-28-17-11-15-25-12-8-9-16-27(25)28/h8-10,12-14,16,20,28,31H,5-7,11,15,17-19H2,1-4H3. The summed E-state index contributed by atoms with van der Waals surface area (Å²) in [5.74, 6) is 0. The van der Waals surface area contributed by atoms with Gasteiger partial charge >= 0.3 is 0 Å². The van der Waals surface area contributed by atoms with E-state index in [-0.39, 0.29) is 0 Å². The second-order valence-corrected chi connectivity index (χ2v) is 9.09. The number of aromatic nitrogens is 1. The maximum absolute atomic E-state index is 5.14. The van der Waals surface area contributed by atoms with Gasteiger partial charge < -0.3 is 5.32 Å². The van der Waals surface area contributed by atoms with Gasteiger partial charge in [0.15, 0.2) is 0 Å². The molecule has 2 aromatic carbocycles. The Kier molecular flexibility index (Phi) is 7.42. The Balaban J connectivity index is 1.56. The first-order valence-electron chi connectivity index (χ1n) is 12.6. The van der Waals surface area contributed by atoms with Crippen LogP contribution in [0.25, 0.3) is 11.3 Å². The molecule has 0 bridgehead atoms. The molecule has 0 saturated carbocycles. The van der Waals surface area contributed by atoms with Gasteiger partial charge in [0.1, 0.15) is 0 Å². The van der Waals surface area contributed by atoms with Crippen LogP contribution in [0.5, 0.6) is 0 Å². The van der Waals surface area contributed by atoms with Gasteiger partial charge in [-0.1, -0.05) is 63.2 Å². The highest BCUT2D eigenvalue weighted by atomic mass is 14.9. The largest absolute Gasteiger partial charge is 0.310 e. The number of benzene rings is 2. The summed E-state index contributed by atoms with van der Waals surface area (Å²) in [4.78, 5) is 5.14. The molecule has 1 aliphatic carbocycles. The first kappa shape index (κ1) is 22.7. The maximum Gasteiger partial charge on any atom is 0.0713 e. The molecule has 1 unspecified atom stereocenters. The monoisotopic (exact) mass is 426 g/mol. The van der Waals surface area contributed by atoms with Gasteiger partial charge in [0.2, 0.25) is 0 Å². The van der Waals surface area contributed by atoms with Crippen molar-refractivity contribution in [3.63, 3.8) is 0 Å². The number of nitrogens with one attached hydrogen (secondary N) is 1. The van der Waals surface area contributed by atoms with Gasteiger partial charge in [-0.05, 0) is 97.9 Å². The lowest BCUT2D eigenvalue weighted by atomic mass is 9.87. The lowest BCUT2D eigenvalue weighted by molar-refractivity contribution is 0.462. The predicted octanol–water partition coefficient (Wildman–Crippen LogP) is 6.95. The van der Waals surface area contributed by atoms with Gasteiger partial charge in [-0.25, -0.2) is 0 Å². The Morgan fingerprint density at radius 3 is 2.34 bits per heavy atom. The van der Waals surface area contributed by atoms with E-state index in [2.05, 4.69) is 81.5 Å². The second-order valence-electron chi connectivity index (χ2n) is 9.09. The van der Waals surface area contributed by atoms with Crippen LogP contribution in [-0.2, 0) is 32.1 Å². The van der Waals surface area contributed by atoms with E-state index in [0.29, 0.717) is 6.04 Å². The van der Waals surface area contributed by atoms with Crippen LogP contribution in [0.1, 0.15) is 78.7 Å². The van der Waals surface area contributed by atoms with E-state index >= 15 is 0 Å². The predicted molar refractivity (Wildman–Crippen MR) is 136 cm³/mol. The Bertz CT molecular complexity index is 1040. The molecule has 1 aliphatic rings. The molecule has 3 aromatic rings. The molecular weight excluding hydrogens is 388 g/mol. The number of hydrogen-bond donors (Lipinski definition) is 1. The summed E-state index contributed by atoms with van der Waals surface area (Å²) in [7, 11) is 0. The van der Waals surface area contributed by atoms with Crippen molar-refractivity contribution in [3.05, 3.63) is 87.6 Å². The number of aryl methyl sites for hydroxylation is 5. The molecule has 0 amide bonds. The summed E-state index contributed by atoms with van der Waals surface area (Å²) in [6.45, 7) is 9.97. The van der Waals surface area contributed by atoms with Gasteiger partial charge in [-0.15, -0.1) is 0 Å². The molecule has 4 rings (SSSR count). The fourth-order valence-electron chi connectivity index (χ4n) is 5.46. The number of fused-ring (bicyclic) bond motifs is 1. The molecule has 2 heteroatoms. The quantitative estimate of drug-likeness (QED) is 0.421. The molecule has 0 spiro atoms. The van der Waals surface area contributed by atoms with Crippen molar-refractivity contribution in [3.8, 4) is 11.3 Å². The highest BCUT2D eigenvalue weighted by Crippen LogP contribution is 2.31. The molecule has 0 aliphatic heterocycles. The minimum Gasteiger partial charge on any atom is -0.310 e. The average Bonchev–Trinajstić information content (AvgIpc) is 2.84. The van der Waals surface area contributed by atoms with Crippen molar-refractivity contribution in [2.45, 2.75) is 78.7 Å². The first-order chi connectivity index (χ1) is 15.7. The van der Waals surface area contributed by atoms with Crippen LogP contribution < -0.4 is 5.32 Å². The van der Waals surface area contributed by atoms with E-state index in [4.69, 9.17) is 4.98 Å². The molecule has 0 radical (unpaired) electrons. The van der Waals surface area contributed by atoms with E-state index < -0.39 is 0 Å². The van der Waals surface area contributed by atoms with Crippen molar-refractivity contribution < 1.29 is 0 Å². The molecule has 0 fully saturated rings. The molecule has 32 heavy (non-hydrogen) atoms. The zero-order valence-electron chi connectivity index (χ0n) is 20.3. The van der Waals surface area contributed by atoms with Gasteiger partial charge in [0.25, 0.3) is 0 Å². The molecule has 0 saturated heterocycles. The average molecular weight is 427 g/mol. The van der Waals surface area contributed by atoms with E-state index in [1.165, 1.54) is 63.9 Å². The normalized spacial score (nSPS) is 15.6. The smallest absolute Gasteiger partial charge is 0.0713 e. The third-order valence-electron chi connectivity index (χ3n) is 7.19. The van der Waals surface area contributed by atoms with Gasteiger partial charge in [0.05, 0.1) is 5.69 Å². The van der Waals surface area contributed by atoms with Crippen LogP contribution in [0.15, 0.2) is 48.5 Å². The maximum atomic E-state index is 5.14. The SMILES string of the molecule is CCc1cc(-c2c(CC)cccc2CC)nc(C)c1CCNC1CCCc2ccccc21. The van der Waals surface area contributed by atoms with Crippen LogP contribution in [0.2, 0.25) is 0 Å². The zero-order chi connectivity index (χ0) is 22.5. The molecule has 2 nitrogen and oxygen atoms in total. The summed E-state index contributed by atoms with van der Waals surface area (Å²) in [5.41, 5.74) is 12.4. The number of hydrogen-bond acceptors (Lipinski definition) is 2. The van der Waals surface area contributed by atoms with Crippen LogP contribution in [0, 0.1) is 6.92 Å². The Morgan fingerprint density at radius 1 is 0.906 bits per heavy atom. The van der Waals surface area contributed by atoms with Crippen molar-refractivity contribution in [1.29, 1.82) is 0 Å². The van der Waals surface area contributed by atoms with Crippen LogP contribution in [0.4, 0.5) is 0 Å². The van der Waals surface area contributed by atoms with Gasteiger partial charge in [-0.3, -0.25) is 4.98 Å². The zero-order valence-corrected chi connectivity index (χ0v) is 20.3. The topological polar surface area (TPSA) is 24.9 Å². The van der Waals surface area contributed by atoms with Gasteiger partial charge in [0, 0.05) is 17.3 Å². The molecule has 1 aromatic heterocycles. The fraction of sp³-hybridized carbons (Fsp3) is 0.433. The van der Waals surface area contributed by atoms with E-state index in [9.17, 15) is 0 Å². The number of rotatable bonds is 8. The Labute approximate surface area is 194 Å². The van der Waals surface area contributed by atoms with E-state index in [1.807, 2.05) is 0 Å². The van der Waals surface area contributed by atoms with Crippen LogP contribution >= 0.6 is 0 Å². The number of pyridine rings is 1. The minimum absolute atomic E-state index is 0.487. The third-order valence-corrected chi connectivity index (χ3v) is 7.19. The highest BCUT2D eigenvalue weighted by Gasteiger charge is 2.20. The van der Waals surface area contributed by atoms with Crippen molar-refractivity contribution in [1.82, 2.24) is 10.3 Å². The lowest BCUT2D eigenvalue weighted by Gasteiger charge is -2.27. The number of nitrogens with zero attached hydrogens (tertiary/aromatic N) is 1. The first-order valence-corrected chi connectivity index (χ1v) is 12.6. The molecule has 1 atom stereocenters.